The van der Waals surface area contributed by atoms with Gasteiger partial charge in [0.2, 0.25) is 0 Å². The fraction of sp³-hybridized carbons (Fsp3) is 0.278. The van der Waals surface area contributed by atoms with Gasteiger partial charge in [-0.05, 0) is 42.7 Å². The lowest BCUT2D eigenvalue weighted by Crippen LogP contribution is -2.16. The van der Waals surface area contributed by atoms with E-state index in [9.17, 15) is 0 Å². The molecule has 0 aliphatic heterocycles. The second-order valence-corrected chi connectivity index (χ2v) is 5.55. The smallest absolute Gasteiger partial charge is 0.0483 e. The van der Waals surface area contributed by atoms with Gasteiger partial charge in [0.15, 0.2) is 0 Å². The van der Waals surface area contributed by atoms with Crippen LogP contribution in [0.2, 0.25) is 0 Å². The Hall–Kier alpha value is -2.13. The van der Waals surface area contributed by atoms with E-state index in [1.165, 1.54) is 33.3 Å². The molecule has 21 heavy (non-hydrogen) atoms. The van der Waals surface area contributed by atoms with Gasteiger partial charge in [0.1, 0.15) is 0 Å². The van der Waals surface area contributed by atoms with E-state index in [4.69, 9.17) is 0 Å². The van der Waals surface area contributed by atoms with E-state index in [2.05, 4.69) is 66.1 Å². The highest BCUT2D eigenvalue weighted by molar-refractivity contribution is 5.85. The van der Waals surface area contributed by atoms with Gasteiger partial charge >= 0.3 is 0 Å². The van der Waals surface area contributed by atoms with Crippen LogP contribution in [0.4, 0.5) is 0 Å². The van der Waals surface area contributed by atoms with Gasteiger partial charge in [-0.3, -0.25) is 4.98 Å². The lowest BCUT2D eigenvalue weighted by atomic mass is 10.1. The fourth-order valence-electron chi connectivity index (χ4n) is 2.90. The van der Waals surface area contributed by atoms with Crippen LogP contribution in [0.15, 0.2) is 42.7 Å². The molecule has 3 rings (SSSR count). The minimum Gasteiger partial charge on any atom is -0.346 e. The van der Waals surface area contributed by atoms with E-state index in [0.717, 1.165) is 13.1 Å². The van der Waals surface area contributed by atoms with Crippen LogP contribution in [0.1, 0.15) is 22.4 Å². The van der Waals surface area contributed by atoms with Crippen LogP contribution in [0.3, 0.4) is 0 Å². The zero-order chi connectivity index (χ0) is 14.8. The standard InChI is InChI=1S/C18H21N3/c1-13-10-19-9-8-15(13)11-20-12-18-14(2)16-6-4-5-7-17(16)21(18)3/h4-10,20H,11-12H2,1-3H3. The Kier molecular flexibility index (Phi) is 3.76. The summed E-state index contributed by atoms with van der Waals surface area (Å²) in [6, 6.07) is 10.7. The van der Waals surface area contributed by atoms with Crippen LogP contribution in [0.5, 0.6) is 0 Å². The van der Waals surface area contributed by atoms with Gasteiger partial charge in [0, 0.05) is 49.1 Å². The van der Waals surface area contributed by atoms with Crippen LogP contribution in [0.25, 0.3) is 10.9 Å². The second-order valence-electron chi connectivity index (χ2n) is 5.55. The van der Waals surface area contributed by atoms with Crippen molar-refractivity contribution < 1.29 is 0 Å². The van der Waals surface area contributed by atoms with Crippen molar-refractivity contribution >= 4 is 10.9 Å². The molecule has 1 aromatic carbocycles. The average molecular weight is 279 g/mol. The molecule has 3 aromatic rings. The lowest BCUT2D eigenvalue weighted by molar-refractivity contribution is 0.654. The first kappa shape index (κ1) is 13.8. The summed E-state index contributed by atoms with van der Waals surface area (Å²) in [6.45, 7) is 6.05. The summed E-state index contributed by atoms with van der Waals surface area (Å²) in [5, 5.41) is 4.90. The summed E-state index contributed by atoms with van der Waals surface area (Å²) in [4.78, 5) is 4.14. The van der Waals surface area contributed by atoms with Crippen LogP contribution in [-0.4, -0.2) is 9.55 Å². The number of aryl methyl sites for hydroxylation is 3. The molecular weight excluding hydrogens is 258 g/mol. The first-order valence-electron chi connectivity index (χ1n) is 7.31. The van der Waals surface area contributed by atoms with E-state index in [1.54, 1.807) is 0 Å². The molecule has 0 aliphatic carbocycles. The van der Waals surface area contributed by atoms with Gasteiger partial charge < -0.3 is 9.88 Å². The molecule has 0 radical (unpaired) electrons. The molecule has 3 heteroatoms. The number of rotatable bonds is 4. The van der Waals surface area contributed by atoms with E-state index in [1.807, 2.05) is 12.4 Å². The van der Waals surface area contributed by atoms with Crippen LogP contribution >= 0.6 is 0 Å². The first-order valence-corrected chi connectivity index (χ1v) is 7.31. The molecule has 0 fully saturated rings. The number of hydrogen-bond donors (Lipinski definition) is 1. The highest BCUT2D eigenvalue weighted by Crippen LogP contribution is 2.24. The van der Waals surface area contributed by atoms with Crippen molar-refractivity contribution in [2.24, 2.45) is 7.05 Å². The van der Waals surface area contributed by atoms with E-state index in [0.29, 0.717) is 0 Å². The molecule has 0 bridgehead atoms. The summed E-state index contributed by atoms with van der Waals surface area (Å²) in [5.41, 5.74) is 6.56. The van der Waals surface area contributed by atoms with Crippen molar-refractivity contribution in [2.75, 3.05) is 0 Å². The van der Waals surface area contributed by atoms with Crippen molar-refractivity contribution in [3.05, 3.63) is 65.1 Å². The molecule has 108 valence electrons. The predicted octanol–water partition coefficient (Wildman–Crippen LogP) is 3.48. The summed E-state index contributed by atoms with van der Waals surface area (Å²) >= 11 is 0. The zero-order valence-corrected chi connectivity index (χ0v) is 12.9. The Balaban J connectivity index is 1.78. The number of aromatic nitrogens is 2. The van der Waals surface area contributed by atoms with Gasteiger partial charge in [-0.1, -0.05) is 18.2 Å². The largest absolute Gasteiger partial charge is 0.346 e. The third-order valence-electron chi connectivity index (χ3n) is 4.25. The Morgan fingerprint density at radius 1 is 1.10 bits per heavy atom. The predicted molar refractivity (Wildman–Crippen MR) is 87.2 cm³/mol. The maximum Gasteiger partial charge on any atom is 0.0483 e. The number of pyridine rings is 1. The molecule has 0 amide bonds. The van der Waals surface area contributed by atoms with E-state index >= 15 is 0 Å². The van der Waals surface area contributed by atoms with Crippen molar-refractivity contribution in [1.82, 2.24) is 14.9 Å². The highest BCUT2D eigenvalue weighted by Gasteiger charge is 2.10. The van der Waals surface area contributed by atoms with Gasteiger partial charge in [-0.25, -0.2) is 0 Å². The Morgan fingerprint density at radius 3 is 2.67 bits per heavy atom. The highest BCUT2D eigenvalue weighted by atomic mass is 15.0. The van der Waals surface area contributed by atoms with Crippen LogP contribution in [0, 0.1) is 13.8 Å². The minimum atomic E-state index is 0.870. The lowest BCUT2D eigenvalue weighted by Gasteiger charge is -2.09. The quantitative estimate of drug-likeness (QED) is 0.792. The number of fused-ring (bicyclic) bond motifs is 1. The number of nitrogens with zero attached hydrogens (tertiary/aromatic N) is 2. The molecule has 2 heterocycles. The molecule has 0 aliphatic rings. The second kappa shape index (κ2) is 5.70. The molecular formula is C18H21N3. The molecule has 0 saturated carbocycles. The monoisotopic (exact) mass is 279 g/mol. The first-order chi connectivity index (χ1) is 10.2. The number of para-hydroxylation sites is 1. The number of hydrogen-bond acceptors (Lipinski definition) is 2. The van der Waals surface area contributed by atoms with Gasteiger partial charge in [-0.15, -0.1) is 0 Å². The summed E-state index contributed by atoms with van der Waals surface area (Å²) in [7, 11) is 2.14. The third kappa shape index (κ3) is 2.57. The van der Waals surface area contributed by atoms with Gasteiger partial charge in [0.05, 0.1) is 0 Å². The van der Waals surface area contributed by atoms with Crippen molar-refractivity contribution in [3.8, 4) is 0 Å². The van der Waals surface area contributed by atoms with Gasteiger partial charge in [-0.2, -0.15) is 0 Å². The maximum atomic E-state index is 4.14. The Labute approximate surface area is 125 Å². The molecule has 0 spiro atoms. The normalized spacial score (nSPS) is 11.2. The van der Waals surface area contributed by atoms with Crippen LogP contribution < -0.4 is 5.32 Å². The molecule has 2 aromatic heterocycles. The molecule has 0 saturated heterocycles. The van der Waals surface area contributed by atoms with E-state index in [-0.39, 0.29) is 0 Å². The molecule has 0 atom stereocenters. The Morgan fingerprint density at radius 2 is 1.90 bits per heavy atom. The molecule has 0 unspecified atom stereocenters. The topological polar surface area (TPSA) is 29.9 Å². The average Bonchev–Trinajstić information content (AvgIpc) is 2.74. The fourth-order valence-corrected chi connectivity index (χ4v) is 2.90. The SMILES string of the molecule is Cc1cnccc1CNCc1c(C)c2ccccc2n1C. The molecule has 1 N–H and O–H groups in total. The van der Waals surface area contributed by atoms with Crippen LogP contribution in [-0.2, 0) is 20.1 Å². The number of benzene rings is 1. The minimum absolute atomic E-state index is 0.870. The van der Waals surface area contributed by atoms with Gasteiger partial charge in [0.25, 0.3) is 0 Å². The van der Waals surface area contributed by atoms with Crippen molar-refractivity contribution in [2.45, 2.75) is 26.9 Å². The zero-order valence-electron chi connectivity index (χ0n) is 12.9. The Bertz CT molecular complexity index is 732. The van der Waals surface area contributed by atoms with Crippen molar-refractivity contribution in [3.63, 3.8) is 0 Å². The molecule has 3 nitrogen and oxygen atoms in total. The summed E-state index contributed by atoms with van der Waals surface area (Å²) in [6.07, 6.45) is 3.77. The number of nitrogens with one attached hydrogen (secondary N) is 1. The third-order valence-corrected chi connectivity index (χ3v) is 4.25. The van der Waals surface area contributed by atoms with Crippen molar-refractivity contribution in [1.29, 1.82) is 0 Å². The van der Waals surface area contributed by atoms with E-state index < -0.39 is 0 Å². The maximum absolute atomic E-state index is 4.14. The summed E-state index contributed by atoms with van der Waals surface area (Å²) < 4.78 is 2.29. The summed E-state index contributed by atoms with van der Waals surface area (Å²) in [5.74, 6) is 0.